The van der Waals surface area contributed by atoms with Gasteiger partial charge in [-0.05, 0) is 103 Å². The highest BCUT2D eigenvalue weighted by Gasteiger charge is 2.51. The van der Waals surface area contributed by atoms with Crippen LogP contribution in [0.15, 0.2) is 78.9 Å². The summed E-state index contributed by atoms with van der Waals surface area (Å²) in [4.78, 5) is 29.9. The molecule has 7 rings (SSSR count). The number of nitrogens with one attached hydrogen (secondary N) is 1. The van der Waals surface area contributed by atoms with Crippen LogP contribution in [0.25, 0.3) is 0 Å². The molecule has 4 aliphatic carbocycles. The molecule has 48 heavy (non-hydrogen) atoms. The fourth-order valence-electron chi connectivity index (χ4n) is 9.04. The molecule has 2 amide bonds. The van der Waals surface area contributed by atoms with Crippen LogP contribution in [-0.2, 0) is 38.0 Å². The van der Waals surface area contributed by atoms with Crippen molar-refractivity contribution in [3.8, 4) is 0 Å². The summed E-state index contributed by atoms with van der Waals surface area (Å²) in [6, 6.07) is 24.7. The first-order chi connectivity index (χ1) is 22.9. The first kappa shape index (κ1) is 34.2. The van der Waals surface area contributed by atoms with Crippen molar-refractivity contribution < 1.29 is 18.0 Å². The molecule has 7 nitrogen and oxygen atoms in total. The third-order valence-electron chi connectivity index (χ3n) is 10.9. The average molecular weight is 670 g/mol. The first-order valence-corrected chi connectivity index (χ1v) is 19.5. The zero-order valence-electron chi connectivity index (χ0n) is 28.9. The second-order valence-electron chi connectivity index (χ2n) is 15.4. The van der Waals surface area contributed by atoms with Crippen LogP contribution < -0.4 is 9.62 Å². The Balaban J connectivity index is 1.30. The highest BCUT2D eigenvalue weighted by Crippen LogP contribution is 2.60. The minimum Gasteiger partial charge on any atom is -0.354 e. The summed E-state index contributed by atoms with van der Waals surface area (Å²) in [7, 11) is -3.82. The lowest BCUT2D eigenvalue weighted by molar-refractivity contribution is -0.140. The number of carbonyl (C=O) groups excluding carboxylic acids is 2. The highest BCUT2D eigenvalue weighted by atomic mass is 32.2. The normalized spacial score (nSPS) is 23.6. The lowest BCUT2D eigenvalue weighted by atomic mass is 9.48. The molecule has 1 unspecified atom stereocenters. The van der Waals surface area contributed by atoms with E-state index in [-0.39, 0.29) is 23.8 Å². The number of hydrogen-bond donors (Lipinski definition) is 1. The molecule has 0 heterocycles. The summed E-state index contributed by atoms with van der Waals surface area (Å²) in [5, 5.41) is 3.05. The second kappa shape index (κ2) is 14.1. The van der Waals surface area contributed by atoms with Crippen LogP contribution >= 0.6 is 0 Å². The van der Waals surface area contributed by atoms with Crippen LogP contribution in [0.2, 0.25) is 0 Å². The molecule has 4 bridgehead atoms. The molecule has 0 saturated heterocycles. The molecule has 3 aromatic carbocycles. The number of aryl methyl sites for hydroxylation is 1. The number of benzene rings is 3. The number of sulfonamides is 1. The van der Waals surface area contributed by atoms with Gasteiger partial charge in [0.05, 0.1) is 11.9 Å². The van der Waals surface area contributed by atoms with E-state index in [9.17, 15) is 18.0 Å². The van der Waals surface area contributed by atoms with Gasteiger partial charge < -0.3 is 10.2 Å². The molecule has 4 fully saturated rings. The SMILES string of the molecule is Cc1cccc(CN(C(=O)CN(c2ccc(C34CC5CC(CC(C5)C3)C4)cc2)S(C)(=O)=O)C(Cc2ccccc2)C(=O)NCC(C)C)c1. The van der Waals surface area contributed by atoms with Gasteiger partial charge in [0.2, 0.25) is 21.8 Å². The summed E-state index contributed by atoms with van der Waals surface area (Å²) in [6.45, 7) is 6.30. The fourth-order valence-corrected chi connectivity index (χ4v) is 9.89. The Morgan fingerprint density at radius 2 is 1.46 bits per heavy atom. The number of carbonyl (C=O) groups is 2. The van der Waals surface area contributed by atoms with Gasteiger partial charge in [0.25, 0.3) is 0 Å². The lowest BCUT2D eigenvalue weighted by Crippen LogP contribution is -2.53. The van der Waals surface area contributed by atoms with Gasteiger partial charge in [0.1, 0.15) is 12.6 Å². The van der Waals surface area contributed by atoms with Crippen molar-refractivity contribution in [1.29, 1.82) is 0 Å². The third kappa shape index (κ3) is 7.80. The van der Waals surface area contributed by atoms with E-state index in [4.69, 9.17) is 0 Å². The van der Waals surface area contributed by atoms with Gasteiger partial charge >= 0.3 is 0 Å². The maximum Gasteiger partial charge on any atom is 0.244 e. The van der Waals surface area contributed by atoms with Crippen LogP contribution in [-0.4, -0.2) is 50.5 Å². The van der Waals surface area contributed by atoms with Crippen molar-refractivity contribution in [3.05, 3.63) is 101 Å². The Morgan fingerprint density at radius 1 is 0.854 bits per heavy atom. The molecular weight excluding hydrogens is 619 g/mol. The molecule has 8 heteroatoms. The van der Waals surface area contributed by atoms with Crippen molar-refractivity contribution in [2.75, 3.05) is 23.7 Å². The molecule has 4 aliphatic rings. The molecule has 0 aliphatic heterocycles. The number of nitrogens with zero attached hydrogens (tertiary/aromatic N) is 2. The quantitative estimate of drug-likeness (QED) is 0.221. The minimum atomic E-state index is -3.82. The fraction of sp³-hybridized carbons (Fsp3) is 0.500. The van der Waals surface area contributed by atoms with Gasteiger partial charge in [0, 0.05) is 19.5 Å². The van der Waals surface area contributed by atoms with E-state index in [1.807, 2.05) is 87.5 Å². The lowest BCUT2D eigenvalue weighted by Gasteiger charge is -2.57. The largest absolute Gasteiger partial charge is 0.354 e. The molecule has 0 radical (unpaired) electrons. The van der Waals surface area contributed by atoms with Crippen molar-refractivity contribution in [2.24, 2.45) is 23.7 Å². The summed E-state index contributed by atoms with van der Waals surface area (Å²) >= 11 is 0. The van der Waals surface area contributed by atoms with E-state index in [1.54, 1.807) is 4.90 Å². The van der Waals surface area contributed by atoms with Crippen LogP contribution in [0.5, 0.6) is 0 Å². The number of anilines is 1. The van der Waals surface area contributed by atoms with Gasteiger partial charge in [-0.25, -0.2) is 8.42 Å². The Bertz CT molecular complexity index is 1670. The Morgan fingerprint density at radius 3 is 2.02 bits per heavy atom. The van der Waals surface area contributed by atoms with Crippen LogP contribution in [0.4, 0.5) is 5.69 Å². The maximum absolute atomic E-state index is 14.5. The molecule has 3 aromatic rings. The number of amides is 2. The van der Waals surface area contributed by atoms with E-state index >= 15 is 0 Å². The summed E-state index contributed by atoms with van der Waals surface area (Å²) < 4.78 is 27.9. The second-order valence-corrected chi connectivity index (χ2v) is 17.3. The van der Waals surface area contributed by atoms with Gasteiger partial charge in [-0.3, -0.25) is 13.9 Å². The Hall–Kier alpha value is -3.65. The maximum atomic E-state index is 14.5. The monoisotopic (exact) mass is 669 g/mol. The van der Waals surface area contributed by atoms with Crippen molar-refractivity contribution in [3.63, 3.8) is 0 Å². The molecule has 0 aromatic heterocycles. The van der Waals surface area contributed by atoms with Gasteiger partial charge in [-0.1, -0.05) is 86.1 Å². The summed E-state index contributed by atoms with van der Waals surface area (Å²) in [5.74, 6) is 1.98. The van der Waals surface area contributed by atoms with Crippen LogP contribution in [0.1, 0.15) is 74.6 Å². The number of rotatable bonds is 13. The van der Waals surface area contributed by atoms with Crippen LogP contribution in [0, 0.1) is 30.6 Å². The summed E-state index contributed by atoms with van der Waals surface area (Å²) in [6.07, 6.45) is 9.21. The molecule has 1 N–H and O–H groups in total. The standard InChI is InChI=1S/C40H51N3O4S/c1-28(2)25-41-39(45)37(21-30-10-6-5-7-11-30)42(26-31-12-8-9-29(3)17-31)38(44)27-43(48(4,46)47)36-15-13-35(14-16-36)40-22-32-18-33(23-40)20-34(19-32)24-40/h5-17,28,32-34,37H,18-27H2,1-4H3,(H,41,45). The van der Waals surface area contributed by atoms with Gasteiger partial charge in [-0.15, -0.1) is 0 Å². The number of hydrogen-bond acceptors (Lipinski definition) is 4. The molecule has 4 saturated carbocycles. The zero-order valence-corrected chi connectivity index (χ0v) is 29.7. The molecular formula is C40H51N3O4S. The molecule has 1 atom stereocenters. The van der Waals surface area contributed by atoms with E-state index in [0.717, 1.165) is 40.7 Å². The van der Waals surface area contributed by atoms with Crippen molar-refractivity contribution >= 4 is 27.5 Å². The van der Waals surface area contributed by atoms with E-state index in [0.29, 0.717) is 18.7 Å². The van der Waals surface area contributed by atoms with Gasteiger partial charge in [-0.2, -0.15) is 0 Å². The Labute approximate surface area is 287 Å². The predicted molar refractivity (Wildman–Crippen MR) is 192 cm³/mol. The topological polar surface area (TPSA) is 86.8 Å². The first-order valence-electron chi connectivity index (χ1n) is 17.6. The van der Waals surface area contributed by atoms with Gasteiger partial charge in [0.15, 0.2) is 0 Å². The van der Waals surface area contributed by atoms with E-state index < -0.39 is 28.5 Å². The highest BCUT2D eigenvalue weighted by molar-refractivity contribution is 7.92. The minimum absolute atomic E-state index is 0.176. The Kier molecular flexibility index (Phi) is 10.0. The molecule has 0 spiro atoms. The zero-order chi connectivity index (χ0) is 34.1. The van der Waals surface area contributed by atoms with E-state index in [1.165, 1.54) is 48.4 Å². The third-order valence-corrected chi connectivity index (χ3v) is 12.0. The predicted octanol–water partition coefficient (Wildman–Crippen LogP) is 6.64. The van der Waals surface area contributed by atoms with Crippen molar-refractivity contribution in [2.45, 2.75) is 83.7 Å². The van der Waals surface area contributed by atoms with E-state index in [2.05, 4.69) is 17.4 Å². The van der Waals surface area contributed by atoms with Crippen molar-refractivity contribution in [1.82, 2.24) is 10.2 Å². The average Bonchev–Trinajstić information content (AvgIpc) is 3.03. The molecule has 256 valence electrons. The van der Waals surface area contributed by atoms with Crippen LogP contribution in [0.3, 0.4) is 0 Å². The smallest absolute Gasteiger partial charge is 0.244 e. The summed E-state index contributed by atoms with van der Waals surface area (Å²) in [5.41, 5.74) is 4.81.